The second-order valence-corrected chi connectivity index (χ2v) is 5.87. The molecule has 1 saturated heterocycles. The summed E-state index contributed by atoms with van der Waals surface area (Å²) in [5, 5.41) is 13.2. The lowest BCUT2D eigenvalue weighted by Crippen LogP contribution is -2.44. The lowest BCUT2D eigenvalue weighted by atomic mass is 10.0. The zero-order chi connectivity index (χ0) is 15.5. The predicted octanol–water partition coefficient (Wildman–Crippen LogP) is 3.98. The Labute approximate surface area is 150 Å². The normalized spacial score (nSPS) is 16.8. The molecule has 3 nitrogen and oxygen atoms in total. The van der Waals surface area contributed by atoms with Crippen LogP contribution in [0.15, 0.2) is 35.7 Å². The number of phenols is 1. The van der Waals surface area contributed by atoms with Crippen LogP contribution in [0.1, 0.15) is 11.6 Å². The van der Waals surface area contributed by atoms with Crippen LogP contribution in [0.5, 0.6) is 5.75 Å². The number of rotatable bonds is 4. The van der Waals surface area contributed by atoms with Gasteiger partial charge in [-0.15, -0.1) is 31.4 Å². The molecule has 2 N–H and O–H groups in total. The van der Waals surface area contributed by atoms with Gasteiger partial charge in [-0.2, -0.15) is 13.2 Å². The van der Waals surface area contributed by atoms with Crippen molar-refractivity contribution in [1.82, 2.24) is 10.2 Å². The Morgan fingerprint density at radius 3 is 2.39 bits per heavy atom. The van der Waals surface area contributed by atoms with Crippen LogP contribution < -0.4 is 5.32 Å². The molecule has 9 heteroatoms. The smallest absolute Gasteiger partial charge is 0.446 e. The van der Waals surface area contributed by atoms with Gasteiger partial charge in [0.05, 0.1) is 6.04 Å². The molecule has 0 amide bonds. The summed E-state index contributed by atoms with van der Waals surface area (Å²) >= 11 is -0.178. The fourth-order valence-electron chi connectivity index (χ4n) is 2.40. The molecule has 1 atom stereocenters. The standard InChI is InChI=1S/C14H17F3N2OS.2ClH/c1-2-12(19-7-5-18-6-8-19)11-9-10(3-4-13(11)20)21-14(15,16)17;;/h2-4,9,12,18,20H,1,5-8H2;2*1H/t12-;;/m1../s1. The molecule has 1 aliphatic heterocycles. The number of alkyl halides is 3. The van der Waals surface area contributed by atoms with Gasteiger partial charge in [-0.3, -0.25) is 4.90 Å². The first kappa shape index (κ1) is 22.4. The number of hydrogen-bond acceptors (Lipinski definition) is 4. The van der Waals surface area contributed by atoms with Gasteiger partial charge in [0.15, 0.2) is 0 Å². The van der Waals surface area contributed by atoms with Crippen molar-refractivity contribution in [2.45, 2.75) is 16.4 Å². The van der Waals surface area contributed by atoms with E-state index in [9.17, 15) is 18.3 Å². The Morgan fingerprint density at radius 2 is 1.87 bits per heavy atom. The Kier molecular flexibility index (Phi) is 9.39. The largest absolute Gasteiger partial charge is 0.508 e. The van der Waals surface area contributed by atoms with Gasteiger partial charge in [0, 0.05) is 36.6 Å². The van der Waals surface area contributed by atoms with Gasteiger partial charge in [0.25, 0.3) is 0 Å². The molecule has 2 rings (SSSR count). The third-order valence-corrected chi connectivity index (χ3v) is 4.04. The van der Waals surface area contributed by atoms with Gasteiger partial charge in [0.1, 0.15) is 5.75 Å². The van der Waals surface area contributed by atoms with E-state index in [1.807, 2.05) is 0 Å². The molecular formula is C14H19Cl2F3N2OS. The summed E-state index contributed by atoms with van der Waals surface area (Å²) in [6, 6.07) is 3.68. The van der Waals surface area contributed by atoms with Crippen LogP contribution in [0.4, 0.5) is 13.2 Å². The molecule has 0 radical (unpaired) electrons. The topological polar surface area (TPSA) is 35.5 Å². The molecule has 1 heterocycles. The fraction of sp³-hybridized carbons (Fsp3) is 0.429. The molecule has 1 fully saturated rings. The number of thioether (sulfide) groups is 1. The number of aromatic hydroxyl groups is 1. The van der Waals surface area contributed by atoms with Crippen molar-refractivity contribution >= 4 is 36.6 Å². The monoisotopic (exact) mass is 390 g/mol. The molecule has 0 aliphatic carbocycles. The van der Waals surface area contributed by atoms with Crippen molar-refractivity contribution in [2.24, 2.45) is 0 Å². The lowest BCUT2D eigenvalue weighted by molar-refractivity contribution is -0.0328. The zero-order valence-electron chi connectivity index (χ0n) is 12.2. The van der Waals surface area contributed by atoms with Crippen LogP contribution >= 0.6 is 36.6 Å². The maximum absolute atomic E-state index is 12.5. The number of nitrogens with zero attached hydrogens (tertiary/aromatic N) is 1. The molecule has 0 spiro atoms. The van der Waals surface area contributed by atoms with Crippen LogP contribution in [0, 0.1) is 0 Å². The summed E-state index contributed by atoms with van der Waals surface area (Å²) in [6.07, 6.45) is 1.66. The number of benzene rings is 1. The molecule has 1 aromatic carbocycles. The van der Waals surface area contributed by atoms with Gasteiger partial charge in [-0.25, -0.2) is 0 Å². The minimum absolute atomic E-state index is 0. The summed E-state index contributed by atoms with van der Waals surface area (Å²) in [4.78, 5) is 2.15. The van der Waals surface area contributed by atoms with E-state index in [1.165, 1.54) is 18.2 Å². The molecule has 1 aliphatic rings. The van der Waals surface area contributed by atoms with Crippen LogP contribution in [-0.4, -0.2) is 41.7 Å². The molecule has 0 bridgehead atoms. The summed E-state index contributed by atoms with van der Waals surface area (Å²) in [5.41, 5.74) is -3.88. The average Bonchev–Trinajstić information content (AvgIpc) is 2.43. The van der Waals surface area contributed by atoms with E-state index in [4.69, 9.17) is 0 Å². The van der Waals surface area contributed by atoms with E-state index in [2.05, 4.69) is 16.8 Å². The highest BCUT2D eigenvalue weighted by molar-refractivity contribution is 8.00. The Balaban J connectivity index is 0.00000242. The minimum atomic E-state index is -4.34. The first-order chi connectivity index (χ1) is 9.90. The average molecular weight is 391 g/mol. The third kappa shape index (κ3) is 6.43. The lowest BCUT2D eigenvalue weighted by Gasteiger charge is -2.33. The maximum Gasteiger partial charge on any atom is 0.446 e. The maximum atomic E-state index is 12.5. The zero-order valence-corrected chi connectivity index (χ0v) is 14.6. The summed E-state index contributed by atoms with van der Waals surface area (Å²) in [6.45, 7) is 6.88. The van der Waals surface area contributed by atoms with Crippen LogP contribution in [0.25, 0.3) is 0 Å². The summed E-state index contributed by atoms with van der Waals surface area (Å²) in [5.74, 6) is -0.00930. The Morgan fingerprint density at radius 1 is 1.26 bits per heavy atom. The fourth-order valence-corrected chi connectivity index (χ4v) is 2.99. The molecule has 23 heavy (non-hydrogen) atoms. The van der Waals surface area contributed by atoms with Crippen molar-refractivity contribution in [3.05, 3.63) is 36.4 Å². The van der Waals surface area contributed by atoms with Crippen molar-refractivity contribution in [1.29, 1.82) is 0 Å². The van der Waals surface area contributed by atoms with Crippen molar-refractivity contribution in [3.63, 3.8) is 0 Å². The number of hydrogen-bond donors (Lipinski definition) is 2. The van der Waals surface area contributed by atoms with Crippen molar-refractivity contribution in [3.8, 4) is 5.75 Å². The molecule has 0 saturated carbocycles. The second kappa shape index (κ2) is 9.64. The van der Waals surface area contributed by atoms with E-state index < -0.39 is 5.51 Å². The number of piperazine rings is 1. The first-order valence-corrected chi connectivity index (χ1v) is 7.38. The number of phenolic OH excluding ortho intramolecular Hbond substituents is 1. The quantitative estimate of drug-likeness (QED) is 0.601. The van der Waals surface area contributed by atoms with Gasteiger partial charge < -0.3 is 10.4 Å². The highest BCUT2D eigenvalue weighted by atomic mass is 35.5. The molecule has 132 valence electrons. The molecule has 1 aromatic rings. The van der Waals surface area contributed by atoms with E-state index >= 15 is 0 Å². The van der Waals surface area contributed by atoms with Gasteiger partial charge in [0.2, 0.25) is 0 Å². The van der Waals surface area contributed by atoms with E-state index in [-0.39, 0.29) is 53.3 Å². The summed E-state index contributed by atoms with van der Waals surface area (Å²) < 4.78 is 37.4. The van der Waals surface area contributed by atoms with Gasteiger partial charge in [-0.1, -0.05) is 6.08 Å². The Bertz CT molecular complexity index is 511. The highest BCUT2D eigenvalue weighted by Gasteiger charge is 2.30. The predicted molar refractivity (Wildman–Crippen MR) is 91.9 cm³/mol. The highest BCUT2D eigenvalue weighted by Crippen LogP contribution is 2.40. The Hall–Kier alpha value is -0.600. The first-order valence-electron chi connectivity index (χ1n) is 6.56. The summed E-state index contributed by atoms with van der Waals surface area (Å²) in [7, 11) is 0. The molecule has 0 aromatic heterocycles. The van der Waals surface area contributed by atoms with Crippen molar-refractivity contribution in [2.75, 3.05) is 26.2 Å². The van der Waals surface area contributed by atoms with E-state index in [0.717, 1.165) is 26.2 Å². The molecule has 0 unspecified atom stereocenters. The number of halogens is 5. The van der Waals surface area contributed by atoms with Crippen LogP contribution in [-0.2, 0) is 0 Å². The van der Waals surface area contributed by atoms with E-state index in [1.54, 1.807) is 6.08 Å². The van der Waals surface area contributed by atoms with Crippen LogP contribution in [0.2, 0.25) is 0 Å². The van der Waals surface area contributed by atoms with Gasteiger partial charge in [-0.05, 0) is 30.0 Å². The minimum Gasteiger partial charge on any atom is -0.508 e. The SMILES string of the molecule is C=C[C@H](c1cc(SC(F)(F)F)ccc1O)N1CCNCC1.Cl.Cl. The second-order valence-electron chi connectivity index (χ2n) is 4.73. The van der Waals surface area contributed by atoms with Crippen molar-refractivity contribution < 1.29 is 18.3 Å². The molecular weight excluding hydrogens is 372 g/mol. The van der Waals surface area contributed by atoms with Gasteiger partial charge >= 0.3 is 5.51 Å². The number of nitrogens with one attached hydrogen (secondary N) is 1. The third-order valence-electron chi connectivity index (χ3n) is 3.32. The van der Waals surface area contributed by atoms with E-state index in [0.29, 0.717) is 5.56 Å². The van der Waals surface area contributed by atoms with Crippen LogP contribution in [0.3, 0.4) is 0 Å².